The summed E-state index contributed by atoms with van der Waals surface area (Å²) in [6.07, 6.45) is 5.56. The minimum absolute atomic E-state index is 0.0170. The molecule has 0 radical (unpaired) electrons. The molecule has 0 aliphatic rings. The normalized spacial score (nSPS) is 9.92. The van der Waals surface area contributed by atoms with E-state index in [0.717, 1.165) is 0 Å². The van der Waals surface area contributed by atoms with E-state index in [9.17, 15) is 4.79 Å². The van der Waals surface area contributed by atoms with Crippen LogP contribution in [0.25, 0.3) is 0 Å². The van der Waals surface area contributed by atoms with Crippen LogP contribution in [0, 0.1) is 0 Å². The average molecular weight is 183 g/mol. The van der Waals surface area contributed by atoms with Gasteiger partial charge in [0, 0.05) is 31.9 Å². The van der Waals surface area contributed by atoms with E-state index in [-0.39, 0.29) is 12.5 Å². The second kappa shape index (κ2) is 5.31. The largest absolute Gasteiger partial charge is 0.395 e. The number of nitrogens with one attached hydrogen (secondary N) is 1. The fourth-order valence-corrected chi connectivity index (χ4v) is 0.933. The molecule has 0 aliphatic heterocycles. The van der Waals surface area contributed by atoms with Crippen LogP contribution in [-0.4, -0.2) is 33.7 Å². The lowest BCUT2D eigenvalue weighted by Crippen LogP contribution is -2.27. The molecule has 1 heterocycles. The van der Waals surface area contributed by atoms with E-state index in [2.05, 4.69) is 10.3 Å². The van der Waals surface area contributed by atoms with E-state index < -0.39 is 0 Å². The van der Waals surface area contributed by atoms with Crippen LogP contribution >= 0.6 is 0 Å². The molecule has 1 aromatic rings. The van der Waals surface area contributed by atoms with Crippen LogP contribution < -0.4 is 5.32 Å². The Balaban J connectivity index is 2.15. The van der Waals surface area contributed by atoms with Crippen molar-refractivity contribution in [1.82, 2.24) is 14.9 Å². The number of aliphatic hydroxyl groups is 1. The molecule has 0 fully saturated rings. The maximum absolute atomic E-state index is 11.0. The predicted octanol–water partition coefficient (Wildman–Crippen LogP) is -0.618. The summed E-state index contributed by atoms with van der Waals surface area (Å²) in [5, 5.41) is 11.0. The lowest BCUT2D eigenvalue weighted by Gasteiger charge is -2.03. The molecule has 1 amide bonds. The first-order chi connectivity index (χ1) is 6.33. The molecule has 0 aliphatic carbocycles. The molecule has 1 aromatic heterocycles. The first kappa shape index (κ1) is 9.73. The van der Waals surface area contributed by atoms with Gasteiger partial charge in [-0.3, -0.25) is 4.79 Å². The Morgan fingerprint density at radius 3 is 3.08 bits per heavy atom. The Morgan fingerprint density at radius 1 is 1.62 bits per heavy atom. The van der Waals surface area contributed by atoms with Gasteiger partial charge < -0.3 is 15.0 Å². The van der Waals surface area contributed by atoms with Crippen LogP contribution in [0.5, 0.6) is 0 Å². The molecule has 0 bridgehead atoms. The molecular weight excluding hydrogens is 170 g/mol. The molecule has 1 rings (SSSR count). The van der Waals surface area contributed by atoms with Crippen LogP contribution in [0.15, 0.2) is 18.7 Å². The highest BCUT2D eigenvalue weighted by atomic mass is 16.3. The molecule has 0 spiro atoms. The van der Waals surface area contributed by atoms with Gasteiger partial charge in [0.05, 0.1) is 12.9 Å². The van der Waals surface area contributed by atoms with Crippen molar-refractivity contribution in [1.29, 1.82) is 0 Å². The van der Waals surface area contributed by atoms with Crippen molar-refractivity contribution in [3.05, 3.63) is 18.7 Å². The standard InChI is InChI=1S/C8H13N3O2/c12-6-3-10-8(13)1-4-11-5-2-9-7-11/h2,5,7,12H,1,3-4,6H2,(H,10,13). The third-order valence-electron chi connectivity index (χ3n) is 1.59. The van der Waals surface area contributed by atoms with Crippen LogP contribution in [-0.2, 0) is 11.3 Å². The molecule has 0 unspecified atom stereocenters. The van der Waals surface area contributed by atoms with Gasteiger partial charge in [0.2, 0.25) is 5.91 Å². The van der Waals surface area contributed by atoms with Crippen LogP contribution in [0.4, 0.5) is 0 Å². The zero-order valence-electron chi connectivity index (χ0n) is 7.31. The van der Waals surface area contributed by atoms with Crippen molar-refractivity contribution in [2.45, 2.75) is 13.0 Å². The smallest absolute Gasteiger partial charge is 0.221 e. The van der Waals surface area contributed by atoms with E-state index in [4.69, 9.17) is 5.11 Å². The molecule has 5 heteroatoms. The molecule has 0 saturated carbocycles. The van der Waals surface area contributed by atoms with Gasteiger partial charge in [-0.25, -0.2) is 4.98 Å². The first-order valence-electron chi connectivity index (χ1n) is 4.16. The van der Waals surface area contributed by atoms with Gasteiger partial charge >= 0.3 is 0 Å². The number of rotatable bonds is 5. The average Bonchev–Trinajstić information content (AvgIpc) is 2.64. The number of carbonyl (C=O) groups is 1. The molecule has 13 heavy (non-hydrogen) atoms. The topological polar surface area (TPSA) is 67.2 Å². The maximum Gasteiger partial charge on any atom is 0.221 e. The first-order valence-corrected chi connectivity index (χ1v) is 4.16. The van der Waals surface area contributed by atoms with Crippen LogP contribution in [0.3, 0.4) is 0 Å². The second-order valence-corrected chi connectivity index (χ2v) is 2.62. The van der Waals surface area contributed by atoms with Crippen LogP contribution in [0.2, 0.25) is 0 Å². The zero-order chi connectivity index (χ0) is 9.52. The fraction of sp³-hybridized carbons (Fsp3) is 0.500. The Bertz CT molecular complexity index is 246. The third kappa shape index (κ3) is 3.71. The number of hydrogen-bond acceptors (Lipinski definition) is 3. The number of aryl methyl sites for hydroxylation is 1. The molecule has 2 N–H and O–H groups in total. The van der Waals surface area contributed by atoms with Gasteiger partial charge in [0.25, 0.3) is 0 Å². The van der Waals surface area contributed by atoms with E-state index in [0.29, 0.717) is 19.5 Å². The van der Waals surface area contributed by atoms with Crippen molar-refractivity contribution in [3.63, 3.8) is 0 Å². The highest BCUT2D eigenvalue weighted by Crippen LogP contribution is 1.89. The Morgan fingerprint density at radius 2 is 2.46 bits per heavy atom. The van der Waals surface area contributed by atoms with Gasteiger partial charge in [0.15, 0.2) is 0 Å². The van der Waals surface area contributed by atoms with Gasteiger partial charge in [-0.1, -0.05) is 0 Å². The monoisotopic (exact) mass is 183 g/mol. The second-order valence-electron chi connectivity index (χ2n) is 2.62. The summed E-state index contributed by atoms with van der Waals surface area (Å²) in [6.45, 7) is 0.927. The summed E-state index contributed by atoms with van der Waals surface area (Å²) in [7, 11) is 0. The van der Waals surface area contributed by atoms with Crippen molar-refractivity contribution in [2.24, 2.45) is 0 Å². The Hall–Kier alpha value is -1.36. The lowest BCUT2D eigenvalue weighted by molar-refractivity contribution is -0.121. The maximum atomic E-state index is 11.0. The zero-order valence-corrected chi connectivity index (χ0v) is 7.31. The molecule has 0 atom stereocenters. The van der Waals surface area contributed by atoms with E-state index in [1.165, 1.54) is 0 Å². The molecule has 72 valence electrons. The number of carbonyl (C=O) groups excluding carboxylic acids is 1. The van der Waals surface area contributed by atoms with E-state index >= 15 is 0 Å². The Labute approximate surface area is 76.4 Å². The number of amides is 1. The number of nitrogens with zero attached hydrogens (tertiary/aromatic N) is 2. The quantitative estimate of drug-likeness (QED) is 0.639. The number of aromatic nitrogens is 2. The molecule has 0 saturated heterocycles. The van der Waals surface area contributed by atoms with Crippen LogP contribution in [0.1, 0.15) is 6.42 Å². The van der Waals surface area contributed by atoms with Gasteiger partial charge in [-0.05, 0) is 0 Å². The summed E-state index contributed by atoms with van der Waals surface area (Å²) in [5.74, 6) is -0.0530. The molecule has 0 aromatic carbocycles. The minimum Gasteiger partial charge on any atom is -0.395 e. The summed E-state index contributed by atoms with van der Waals surface area (Å²) in [5.41, 5.74) is 0. The minimum atomic E-state index is -0.0530. The SMILES string of the molecule is O=C(CCn1ccnc1)NCCO. The third-order valence-corrected chi connectivity index (χ3v) is 1.59. The van der Waals surface area contributed by atoms with Gasteiger partial charge in [0.1, 0.15) is 0 Å². The highest BCUT2D eigenvalue weighted by molar-refractivity contribution is 5.75. The summed E-state index contributed by atoms with van der Waals surface area (Å²) < 4.78 is 1.83. The van der Waals surface area contributed by atoms with Crippen molar-refractivity contribution in [3.8, 4) is 0 Å². The molecule has 5 nitrogen and oxygen atoms in total. The summed E-state index contributed by atoms with van der Waals surface area (Å²) in [4.78, 5) is 14.9. The van der Waals surface area contributed by atoms with E-state index in [1.807, 2.05) is 4.57 Å². The number of hydrogen-bond donors (Lipinski definition) is 2. The van der Waals surface area contributed by atoms with Crippen molar-refractivity contribution >= 4 is 5.91 Å². The fourth-order valence-electron chi connectivity index (χ4n) is 0.933. The van der Waals surface area contributed by atoms with Crippen molar-refractivity contribution < 1.29 is 9.90 Å². The van der Waals surface area contributed by atoms with E-state index in [1.54, 1.807) is 18.7 Å². The number of imidazole rings is 1. The molecular formula is C8H13N3O2. The van der Waals surface area contributed by atoms with Gasteiger partial charge in [-0.15, -0.1) is 0 Å². The van der Waals surface area contributed by atoms with Gasteiger partial charge in [-0.2, -0.15) is 0 Å². The lowest BCUT2D eigenvalue weighted by atomic mass is 10.4. The number of aliphatic hydroxyl groups excluding tert-OH is 1. The van der Waals surface area contributed by atoms with Crippen molar-refractivity contribution in [2.75, 3.05) is 13.2 Å². The summed E-state index contributed by atoms with van der Waals surface area (Å²) >= 11 is 0. The predicted molar refractivity (Wildman–Crippen MR) is 46.9 cm³/mol. The highest BCUT2D eigenvalue weighted by Gasteiger charge is 1.99. The Kier molecular flexibility index (Phi) is 3.98. The summed E-state index contributed by atoms with van der Waals surface area (Å²) in [6, 6.07) is 0.